The number of thioether (sulfide) groups is 1. The Balaban J connectivity index is 1.55. The first-order valence-corrected chi connectivity index (χ1v) is 10.2. The van der Waals surface area contributed by atoms with Crippen LogP contribution < -0.4 is 4.90 Å². The van der Waals surface area contributed by atoms with E-state index in [1.807, 2.05) is 37.3 Å². The number of nitrogens with zero attached hydrogens (tertiary/aromatic N) is 1. The molecule has 0 saturated carbocycles. The number of anilines is 1. The number of hydrogen-bond donors (Lipinski definition) is 0. The van der Waals surface area contributed by atoms with Gasteiger partial charge < -0.3 is 9.64 Å². The maximum Gasteiger partial charge on any atom is 0.319 e. The molecule has 0 radical (unpaired) electrons. The van der Waals surface area contributed by atoms with Crippen molar-refractivity contribution in [2.45, 2.75) is 36.8 Å². The number of carbonyl (C=O) groups excluding carboxylic acids is 3. The predicted molar refractivity (Wildman–Crippen MR) is 110 cm³/mol. The van der Waals surface area contributed by atoms with Crippen LogP contribution in [-0.4, -0.2) is 36.1 Å². The quantitative estimate of drug-likeness (QED) is 0.401. The monoisotopic (exact) mass is 397 g/mol. The smallest absolute Gasteiger partial charge is 0.319 e. The molecule has 5 nitrogen and oxygen atoms in total. The zero-order valence-corrected chi connectivity index (χ0v) is 16.8. The zero-order valence-electron chi connectivity index (χ0n) is 16.0. The van der Waals surface area contributed by atoms with Crippen LogP contribution in [0.2, 0.25) is 0 Å². The van der Waals surface area contributed by atoms with E-state index in [1.54, 1.807) is 30.0 Å². The second-order valence-corrected chi connectivity index (χ2v) is 8.22. The van der Waals surface area contributed by atoms with Crippen molar-refractivity contribution in [2.75, 3.05) is 18.1 Å². The van der Waals surface area contributed by atoms with Crippen molar-refractivity contribution in [3.05, 3.63) is 59.7 Å². The van der Waals surface area contributed by atoms with Gasteiger partial charge in [-0.2, -0.15) is 0 Å². The molecule has 0 spiro atoms. The van der Waals surface area contributed by atoms with Gasteiger partial charge in [0.2, 0.25) is 5.91 Å². The molecule has 1 aliphatic heterocycles. The summed E-state index contributed by atoms with van der Waals surface area (Å²) in [5.41, 5.74) is 2.30. The van der Waals surface area contributed by atoms with Gasteiger partial charge in [0, 0.05) is 29.1 Å². The van der Waals surface area contributed by atoms with Crippen molar-refractivity contribution >= 4 is 35.1 Å². The highest BCUT2D eigenvalue weighted by Crippen LogP contribution is 2.25. The van der Waals surface area contributed by atoms with Crippen LogP contribution >= 0.6 is 11.8 Å². The first-order chi connectivity index (χ1) is 13.4. The van der Waals surface area contributed by atoms with Crippen LogP contribution in [0.4, 0.5) is 5.69 Å². The average molecular weight is 397 g/mol. The lowest BCUT2D eigenvalue weighted by Crippen LogP contribution is -2.24. The fourth-order valence-corrected chi connectivity index (χ4v) is 3.84. The largest absolute Gasteiger partial charge is 0.456 e. The topological polar surface area (TPSA) is 63.7 Å². The Morgan fingerprint density at radius 2 is 1.93 bits per heavy atom. The molecule has 146 valence electrons. The molecule has 1 heterocycles. The minimum absolute atomic E-state index is 0.0676. The molecular weight excluding hydrogens is 374 g/mol. The number of Topliss-reactive ketones (excluding diaryl/α,β-unsaturated/α-hetero) is 1. The molecule has 1 fully saturated rings. The van der Waals surface area contributed by atoms with E-state index in [1.165, 1.54) is 11.8 Å². The average Bonchev–Trinajstić information content (AvgIpc) is 3.13. The van der Waals surface area contributed by atoms with Crippen LogP contribution in [-0.2, 0) is 14.3 Å². The molecule has 6 heteroatoms. The number of ether oxygens (including phenoxy) is 1. The normalized spacial score (nSPS) is 14.8. The van der Waals surface area contributed by atoms with Crippen LogP contribution in [0.1, 0.15) is 35.7 Å². The molecule has 2 aromatic rings. The van der Waals surface area contributed by atoms with Crippen molar-refractivity contribution in [1.29, 1.82) is 0 Å². The number of benzene rings is 2. The van der Waals surface area contributed by atoms with E-state index < -0.39 is 11.2 Å². The van der Waals surface area contributed by atoms with Crippen LogP contribution in [0.15, 0.2) is 53.4 Å². The Kier molecular flexibility index (Phi) is 6.52. The summed E-state index contributed by atoms with van der Waals surface area (Å²) in [6.07, 6.45) is 1.36. The van der Waals surface area contributed by atoms with Crippen molar-refractivity contribution in [2.24, 2.45) is 0 Å². The fraction of sp³-hybridized carbons (Fsp3) is 0.318. The molecule has 1 atom stereocenters. The summed E-state index contributed by atoms with van der Waals surface area (Å²) in [4.78, 5) is 39.2. The third-order valence-electron chi connectivity index (χ3n) is 4.56. The predicted octanol–water partition coefficient (Wildman–Crippen LogP) is 4.03. The summed E-state index contributed by atoms with van der Waals surface area (Å²) in [6, 6.07) is 14.8. The SMILES string of the molecule is Cc1ccc(S[C@@H](C)C(=O)OCC(=O)c2cccc(N3CCCC3=O)c2)cc1. The molecule has 0 N–H and O–H groups in total. The number of carbonyl (C=O) groups is 3. The third kappa shape index (κ3) is 5.01. The van der Waals surface area contributed by atoms with Crippen molar-refractivity contribution in [3.8, 4) is 0 Å². The summed E-state index contributed by atoms with van der Waals surface area (Å²) in [6.45, 7) is 4.12. The van der Waals surface area contributed by atoms with Gasteiger partial charge in [-0.3, -0.25) is 14.4 Å². The summed E-state index contributed by atoms with van der Waals surface area (Å²) in [5, 5.41) is -0.413. The van der Waals surface area contributed by atoms with Gasteiger partial charge >= 0.3 is 5.97 Å². The Labute approximate surface area is 169 Å². The van der Waals surface area contributed by atoms with Crippen molar-refractivity contribution < 1.29 is 19.1 Å². The van der Waals surface area contributed by atoms with E-state index in [-0.39, 0.29) is 18.3 Å². The van der Waals surface area contributed by atoms with E-state index in [4.69, 9.17) is 4.74 Å². The van der Waals surface area contributed by atoms with Crippen molar-refractivity contribution in [1.82, 2.24) is 0 Å². The molecule has 0 aromatic heterocycles. The minimum atomic E-state index is -0.426. The molecular formula is C22H23NO4S. The zero-order chi connectivity index (χ0) is 20.1. The maximum atomic E-state index is 12.4. The van der Waals surface area contributed by atoms with Gasteiger partial charge in [-0.1, -0.05) is 29.8 Å². The van der Waals surface area contributed by atoms with E-state index in [0.717, 1.165) is 16.9 Å². The second kappa shape index (κ2) is 9.06. The van der Waals surface area contributed by atoms with E-state index in [0.29, 0.717) is 24.2 Å². The maximum absolute atomic E-state index is 12.4. The summed E-state index contributed by atoms with van der Waals surface area (Å²) >= 11 is 1.40. The molecule has 0 bridgehead atoms. The van der Waals surface area contributed by atoms with Gasteiger partial charge in [0.1, 0.15) is 5.25 Å². The van der Waals surface area contributed by atoms with Gasteiger partial charge in [0.05, 0.1) is 0 Å². The molecule has 1 saturated heterocycles. The summed E-state index contributed by atoms with van der Waals surface area (Å²) in [5.74, 6) is -0.642. The van der Waals surface area contributed by atoms with Crippen LogP contribution in [0, 0.1) is 6.92 Å². The molecule has 2 aromatic carbocycles. The number of esters is 1. The molecule has 0 aliphatic carbocycles. The van der Waals surface area contributed by atoms with E-state index in [2.05, 4.69) is 0 Å². The third-order valence-corrected chi connectivity index (χ3v) is 5.65. The number of rotatable bonds is 7. The lowest BCUT2D eigenvalue weighted by Gasteiger charge is -2.16. The molecule has 3 rings (SSSR count). The standard InChI is InChI=1S/C22H23NO4S/c1-15-8-10-19(11-9-15)28-16(2)22(26)27-14-20(24)17-5-3-6-18(13-17)23-12-4-7-21(23)25/h3,5-6,8-11,13,16H,4,7,12,14H2,1-2H3/t16-/m0/s1. The molecule has 1 amide bonds. The first kappa shape index (κ1) is 20.1. The first-order valence-electron chi connectivity index (χ1n) is 9.27. The Bertz CT molecular complexity index is 878. The summed E-state index contributed by atoms with van der Waals surface area (Å²) < 4.78 is 5.21. The number of amides is 1. The second-order valence-electron chi connectivity index (χ2n) is 6.80. The Hall–Kier alpha value is -2.60. The van der Waals surface area contributed by atoms with E-state index in [9.17, 15) is 14.4 Å². The van der Waals surface area contributed by atoms with Crippen molar-refractivity contribution in [3.63, 3.8) is 0 Å². The lowest BCUT2D eigenvalue weighted by atomic mass is 10.1. The molecule has 0 unspecified atom stereocenters. The highest BCUT2D eigenvalue weighted by Gasteiger charge is 2.23. The van der Waals surface area contributed by atoms with Crippen LogP contribution in [0.5, 0.6) is 0 Å². The van der Waals surface area contributed by atoms with Gasteiger partial charge in [-0.15, -0.1) is 11.8 Å². The Morgan fingerprint density at radius 1 is 1.18 bits per heavy atom. The fourth-order valence-electron chi connectivity index (χ4n) is 2.97. The van der Waals surface area contributed by atoms with Gasteiger partial charge in [0.15, 0.2) is 12.4 Å². The number of hydrogen-bond acceptors (Lipinski definition) is 5. The lowest BCUT2D eigenvalue weighted by molar-refractivity contribution is -0.141. The molecule has 28 heavy (non-hydrogen) atoms. The van der Waals surface area contributed by atoms with Crippen LogP contribution in [0.25, 0.3) is 0 Å². The van der Waals surface area contributed by atoms with E-state index >= 15 is 0 Å². The van der Waals surface area contributed by atoms with Gasteiger partial charge in [-0.25, -0.2) is 0 Å². The Morgan fingerprint density at radius 3 is 2.61 bits per heavy atom. The minimum Gasteiger partial charge on any atom is -0.456 e. The highest BCUT2D eigenvalue weighted by atomic mass is 32.2. The highest BCUT2D eigenvalue weighted by molar-refractivity contribution is 8.00. The number of ketones is 1. The number of aryl methyl sites for hydroxylation is 1. The van der Waals surface area contributed by atoms with Gasteiger partial charge in [0.25, 0.3) is 0 Å². The van der Waals surface area contributed by atoms with Crippen LogP contribution in [0.3, 0.4) is 0 Å². The summed E-state index contributed by atoms with van der Waals surface area (Å²) in [7, 11) is 0. The molecule has 1 aliphatic rings. The van der Waals surface area contributed by atoms with Gasteiger partial charge in [-0.05, 0) is 44.5 Å².